The van der Waals surface area contributed by atoms with E-state index in [1.807, 2.05) is 48.5 Å². The number of fused-ring (bicyclic) bond motifs is 3. The zero-order chi connectivity index (χ0) is 23.5. The molecule has 174 valence electrons. The number of rotatable bonds is 7. The van der Waals surface area contributed by atoms with Crippen LogP contribution in [0.4, 0.5) is 9.18 Å². The minimum absolute atomic E-state index is 0.0419. The summed E-state index contributed by atoms with van der Waals surface area (Å²) in [5.41, 5.74) is 4.71. The number of carbonyl (C=O) groups is 2. The van der Waals surface area contributed by atoms with Crippen molar-refractivity contribution in [2.24, 2.45) is 0 Å². The van der Waals surface area contributed by atoms with Crippen molar-refractivity contribution < 1.29 is 28.2 Å². The number of imide groups is 1. The van der Waals surface area contributed by atoms with Gasteiger partial charge in [0.1, 0.15) is 12.4 Å². The second-order valence-electron chi connectivity index (χ2n) is 8.29. The van der Waals surface area contributed by atoms with E-state index in [0.29, 0.717) is 25.2 Å². The van der Waals surface area contributed by atoms with Gasteiger partial charge in [-0.25, -0.2) is 14.1 Å². The molecule has 0 N–H and O–H groups in total. The Morgan fingerprint density at radius 3 is 2.18 bits per heavy atom. The molecule has 7 heteroatoms. The molecule has 2 aliphatic rings. The number of hydrogen-bond donors (Lipinski definition) is 0. The summed E-state index contributed by atoms with van der Waals surface area (Å²) in [5, 5.41) is 0. The van der Waals surface area contributed by atoms with E-state index < -0.39 is 24.2 Å². The summed E-state index contributed by atoms with van der Waals surface area (Å²) in [6.07, 6.45) is -1.24. The van der Waals surface area contributed by atoms with Gasteiger partial charge in [0.2, 0.25) is 6.41 Å². The van der Waals surface area contributed by atoms with Gasteiger partial charge in [0.15, 0.2) is 6.29 Å². The first kappa shape index (κ1) is 22.3. The first-order valence-corrected chi connectivity index (χ1v) is 11.2. The standard InChI is InChI=1S/C27H24FNO5/c28-24-12-6-1-7-18(24)15-25(26-32-13-14-33-26)29(17-30)27(31)34-16-23-21-10-4-2-8-19(21)20-9-3-5-11-22(20)23/h1-12,17,23,25-26H,13-16H2/t25-/m0/s1. The predicted octanol–water partition coefficient (Wildman–Crippen LogP) is 4.52. The minimum Gasteiger partial charge on any atom is -0.448 e. The molecule has 3 aromatic rings. The average molecular weight is 461 g/mol. The largest absolute Gasteiger partial charge is 0.448 e. The SMILES string of the molecule is O=CN(C(=O)OCC1c2ccccc2-c2ccccc21)[C@@H](Cc1ccccc1F)C1OCCO1. The Balaban J connectivity index is 1.36. The van der Waals surface area contributed by atoms with Gasteiger partial charge in [-0.05, 0) is 33.9 Å². The van der Waals surface area contributed by atoms with Gasteiger partial charge in [0.25, 0.3) is 0 Å². The Morgan fingerprint density at radius 1 is 0.971 bits per heavy atom. The van der Waals surface area contributed by atoms with E-state index in [1.54, 1.807) is 18.2 Å². The molecule has 0 bridgehead atoms. The average Bonchev–Trinajstić information content (AvgIpc) is 3.51. The second kappa shape index (κ2) is 9.75. The molecule has 0 spiro atoms. The van der Waals surface area contributed by atoms with Crippen molar-refractivity contribution in [2.45, 2.75) is 24.7 Å². The zero-order valence-electron chi connectivity index (χ0n) is 18.4. The summed E-state index contributed by atoms with van der Waals surface area (Å²) in [6, 6.07) is 21.4. The fourth-order valence-electron chi connectivity index (χ4n) is 4.74. The Labute approximate surface area is 196 Å². The van der Waals surface area contributed by atoms with Gasteiger partial charge < -0.3 is 14.2 Å². The molecule has 1 heterocycles. The number of nitrogens with zero attached hydrogens (tertiary/aromatic N) is 1. The Hall–Kier alpha value is -3.55. The number of hydrogen-bond acceptors (Lipinski definition) is 5. The second-order valence-corrected chi connectivity index (χ2v) is 8.29. The fourth-order valence-corrected chi connectivity index (χ4v) is 4.74. The van der Waals surface area contributed by atoms with Crippen molar-refractivity contribution in [3.8, 4) is 11.1 Å². The van der Waals surface area contributed by atoms with E-state index in [0.717, 1.165) is 27.2 Å². The van der Waals surface area contributed by atoms with Gasteiger partial charge in [-0.3, -0.25) is 4.79 Å². The lowest BCUT2D eigenvalue weighted by Gasteiger charge is -2.30. The molecule has 0 radical (unpaired) electrons. The van der Waals surface area contributed by atoms with Crippen LogP contribution in [0.3, 0.4) is 0 Å². The van der Waals surface area contributed by atoms with Crippen molar-refractivity contribution >= 4 is 12.5 Å². The minimum atomic E-state index is -0.868. The smallest absolute Gasteiger partial charge is 0.416 e. The molecule has 5 rings (SSSR count). The normalized spacial score (nSPS) is 16.0. The van der Waals surface area contributed by atoms with E-state index in [2.05, 4.69) is 0 Å². The molecule has 0 aromatic heterocycles. The molecule has 1 aliphatic heterocycles. The maximum Gasteiger partial charge on any atom is 0.416 e. The molecule has 1 atom stereocenters. The van der Waals surface area contributed by atoms with E-state index in [-0.39, 0.29) is 18.9 Å². The van der Waals surface area contributed by atoms with Crippen LogP contribution in [-0.4, -0.2) is 49.6 Å². The Morgan fingerprint density at radius 2 is 1.56 bits per heavy atom. The lowest BCUT2D eigenvalue weighted by Crippen LogP contribution is -2.48. The number of ether oxygens (including phenoxy) is 3. The van der Waals surface area contributed by atoms with Crippen molar-refractivity contribution in [2.75, 3.05) is 19.8 Å². The number of benzene rings is 3. The lowest BCUT2D eigenvalue weighted by molar-refractivity contribution is -0.131. The first-order chi connectivity index (χ1) is 16.7. The van der Waals surface area contributed by atoms with E-state index in [1.165, 1.54) is 6.07 Å². The number of carbonyl (C=O) groups excluding carboxylic acids is 2. The van der Waals surface area contributed by atoms with E-state index in [9.17, 15) is 14.0 Å². The van der Waals surface area contributed by atoms with Crippen LogP contribution < -0.4 is 0 Å². The summed E-state index contributed by atoms with van der Waals surface area (Å²) in [6.45, 7) is 0.724. The van der Waals surface area contributed by atoms with Crippen LogP contribution in [-0.2, 0) is 25.4 Å². The number of halogens is 1. The monoisotopic (exact) mass is 461 g/mol. The number of amides is 2. The van der Waals surface area contributed by atoms with Gasteiger partial charge in [0.05, 0.1) is 19.3 Å². The summed E-state index contributed by atoms with van der Waals surface area (Å²) in [7, 11) is 0. The van der Waals surface area contributed by atoms with Gasteiger partial charge in [0, 0.05) is 12.3 Å². The van der Waals surface area contributed by atoms with Crippen LogP contribution in [0.1, 0.15) is 22.6 Å². The zero-order valence-corrected chi connectivity index (χ0v) is 18.4. The fraction of sp³-hybridized carbons (Fsp3) is 0.259. The quantitative estimate of drug-likeness (QED) is 0.484. The van der Waals surface area contributed by atoms with Crippen LogP contribution in [0.25, 0.3) is 11.1 Å². The molecule has 1 aliphatic carbocycles. The molecule has 2 amide bonds. The van der Waals surface area contributed by atoms with E-state index >= 15 is 0 Å². The van der Waals surface area contributed by atoms with E-state index in [4.69, 9.17) is 14.2 Å². The Bertz CT molecular complexity index is 1150. The van der Waals surface area contributed by atoms with Crippen molar-refractivity contribution in [1.82, 2.24) is 4.90 Å². The van der Waals surface area contributed by atoms with Crippen molar-refractivity contribution in [3.63, 3.8) is 0 Å². The third-order valence-corrected chi connectivity index (χ3v) is 6.37. The highest BCUT2D eigenvalue weighted by molar-refractivity contribution is 5.82. The maximum atomic E-state index is 14.3. The molecule has 0 unspecified atom stereocenters. The molecule has 1 saturated heterocycles. The van der Waals surface area contributed by atoms with Gasteiger partial charge in [-0.1, -0.05) is 66.7 Å². The van der Waals surface area contributed by atoms with Gasteiger partial charge in [-0.15, -0.1) is 0 Å². The third kappa shape index (κ3) is 4.20. The highest BCUT2D eigenvalue weighted by Crippen LogP contribution is 2.44. The van der Waals surface area contributed by atoms with Crippen molar-refractivity contribution in [1.29, 1.82) is 0 Å². The van der Waals surface area contributed by atoms with Crippen LogP contribution in [0.5, 0.6) is 0 Å². The van der Waals surface area contributed by atoms with Gasteiger partial charge in [-0.2, -0.15) is 0 Å². The molecular formula is C27H24FNO5. The summed E-state index contributed by atoms with van der Waals surface area (Å²) < 4.78 is 31.1. The molecule has 34 heavy (non-hydrogen) atoms. The summed E-state index contributed by atoms with van der Waals surface area (Å²) in [4.78, 5) is 26.0. The maximum absolute atomic E-state index is 14.3. The lowest BCUT2D eigenvalue weighted by atomic mass is 9.98. The van der Waals surface area contributed by atoms with Crippen molar-refractivity contribution in [3.05, 3.63) is 95.3 Å². The molecule has 6 nitrogen and oxygen atoms in total. The highest BCUT2D eigenvalue weighted by atomic mass is 19.1. The summed E-state index contributed by atoms with van der Waals surface area (Å²) >= 11 is 0. The summed E-state index contributed by atoms with van der Waals surface area (Å²) in [5.74, 6) is -0.572. The molecule has 0 saturated carbocycles. The van der Waals surface area contributed by atoms with Crippen LogP contribution in [0, 0.1) is 5.82 Å². The third-order valence-electron chi connectivity index (χ3n) is 6.37. The van der Waals surface area contributed by atoms with Gasteiger partial charge >= 0.3 is 6.09 Å². The Kier molecular flexibility index (Phi) is 6.38. The van der Waals surface area contributed by atoms with Crippen LogP contribution >= 0.6 is 0 Å². The van der Waals surface area contributed by atoms with Crippen LogP contribution in [0.2, 0.25) is 0 Å². The first-order valence-electron chi connectivity index (χ1n) is 11.2. The predicted molar refractivity (Wildman–Crippen MR) is 123 cm³/mol. The highest BCUT2D eigenvalue weighted by Gasteiger charge is 2.37. The van der Waals surface area contributed by atoms with Crippen LogP contribution in [0.15, 0.2) is 72.8 Å². The topological polar surface area (TPSA) is 65.1 Å². The molecule has 3 aromatic carbocycles. The molecular weight excluding hydrogens is 437 g/mol. The molecule has 1 fully saturated rings.